The van der Waals surface area contributed by atoms with E-state index in [9.17, 15) is 5.11 Å². The zero-order valence-electron chi connectivity index (χ0n) is 10.8. The Balaban J connectivity index is 2.95. The Hall–Kier alpha value is -1.60. The van der Waals surface area contributed by atoms with E-state index in [1.165, 1.54) is 0 Å². The van der Waals surface area contributed by atoms with Gasteiger partial charge in [0, 0.05) is 12.2 Å². The normalized spacial score (nSPS) is 13.9. The highest BCUT2D eigenvalue weighted by molar-refractivity contribution is 5.59. The molecule has 0 bridgehead atoms. The average molecular weight is 233 g/mol. The van der Waals surface area contributed by atoms with E-state index in [1.807, 2.05) is 26.8 Å². The lowest BCUT2D eigenvalue weighted by Gasteiger charge is -2.23. The molecule has 1 rings (SSSR count). The number of pyridine rings is 1. The first-order valence-corrected chi connectivity index (χ1v) is 5.74. The van der Waals surface area contributed by atoms with Gasteiger partial charge in [-0.05, 0) is 33.3 Å². The lowest BCUT2D eigenvalue weighted by atomic mass is 10.0. The van der Waals surface area contributed by atoms with Gasteiger partial charge in [0.05, 0.1) is 22.5 Å². The van der Waals surface area contributed by atoms with Crippen LogP contribution in [-0.4, -0.2) is 22.2 Å². The fraction of sp³-hybridized carbons (Fsp3) is 0.538. The number of nitriles is 1. The largest absolute Gasteiger partial charge is 0.388 e. The van der Waals surface area contributed by atoms with Crippen molar-refractivity contribution < 1.29 is 5.11 Å². The first kappa shape index (κ1) is 13.5. The summed E-state index contributed by atoms with van der Waals surface area (Å²) in [5.74, 6) is 0. The van der Waals surface area contributed by atoms with Crippen molar-refractivity contribution in [3.05, 3.63) is 23.0 Å². The maximum absolute atomic E-state index is 9.93. The zero-order chi connectivity index (χ0) is 13.1. The van der Waals surface area contributed by atoms with Gasteiger partial charge in [0.15, 0.2) is 0 Å². The van der Waals surface area contributed by atoms with Crippen molar-refractivity contribution in [1.82, 2.24) is 4.98 Å². The number of aliphatic hydroxyl groups is 1. The maximum atomic E-state index is 9.93. The number of rotatable bonds is 4. The number of aromatic nitrogens is 1. The summed E-state index contributed by atoms with van der Waals surface area (Å²) in [5.41, 5.74) is 2.10. The molecule has 0 saturated carbocycles. The Labute approximate surface area is 102 Å². The van der Waals surface area contributed by atoms with Gasteiger partial charge < -0.3 is 10.4 Å². The van der Waals surface area contributed by atoms with E-state index in [-0.39, 0.29) is 0 Å². The van der Waals surface area contributed by atoms with Crippen LogP contribution in [0.1, 0.15) is 37.2 Å². The molecule has 92 valence electrons. The van der Waals surface area contributed by atoms with Crippen LogP contribution in [0.4, 0.5) is 5.69 Å². The van der Waals surface area contributed by atoms with Crippen molar-refractivity contribution in [2.24, 2.45) is 0 Å². The monoisotopic (exact) mass is 233 g/mol. The lowest BCUT2D eigenvalue weighted by molar-refractivity contribution is 0.0697. The Morgan fingerprint density at radius 3 is 2.71 bits per heavy atom. The van der Waals surface area contributed by atoms with Crippen molar-refractivity contribution in [2.75, 3.05) is 11.9 Å². The Kier molecular flexibility index (Phi) is 4.08. The highest BCUT2D eigenvalue weighted by Gasteiger charge is 2.18. The first-order chi connectivity index (χ1) is 7.89. The van der Waals surface area contributed by atoms with Gasteiger partial charge in [-0.2, -0.15) is 5.26 Å². The summed E-state index contributed by atoms with van der Waals surface area (Å²) < 4.78 is 0. The molecule has 0 amide bonds. The molecule has 0 radical (unpaired) electrons. The van der Waals surface area contributed by atoms with Gasteiger partial charge in [-0.1, -0.05) is 6.92 Å². The van der Waals surface area contributed by atoms with E-state index in [1.54, 1.807) is 6.92 Å². The fourth-order valence-electron chi connectivity index (χ4n) is 1.52. The van der Waals surface area contributed by atoms with Gasteiger partial charge in [-0.25, -0.2) is 0 Å². The summed E-state index contributed by atoms with van der Waals surface area (Å²) in [5, 5.41) is 22.1. The van der Waals surface area contributed by atoms with E-state index in [4.69, 9.17) is 5.26 Å². The van der Waals surface area contributed by atoms with Gasteiger partial charge in [0.1, 0.15) is 6.07 Å². The van der Waals surface area contributed by atoms with Crippen LogP contribution < -0.4 is 5.32 Å². The van der Waals surface area contributed by atoms with Crippen molar-refractivity contribution in [2.45, 2.75) is 39.7 Å². The van der Waals surface area contributed by atoms with Crippen molar-refractivity contribution in [1.29, 1.82) is 5.26 Å². The second-order valence-electron chi connectivity index (χ2n) is 4.59. The molecule has 1 atom stereocenters. The van der Waals surface area contributed by atoms with Crippen molar-refractivity contribution >= 4 is 5.69 Å². The predicted molar refractivity (Wildman–Crippen MR) is 67.8 cm³/mol. The van der Waals surface area contributed by atoms with Crippen LogP contribution in [0.3, 0.4) is 0 Å². The standard InChI is InChI=1S/C13H19N3O/c1-5-13(4,17)8-15-12-6-9(2)16-10(3)11(12)7-14/h6,17H,5,8H2,1-4H3,(H,15,16). The summed E-state index contributed by atoms with van der Waals surface area (Å²) in [4.78, 5) is 4.24. The summed E-state index contributed by atoms with van der Waals surface area (Å²) in [6.07, 6.45) is 0.658. The second kappa shape index (κ2) is 5.15. The number of hydrogen-bond donors (Lipinski definition) is 2. The molecule has 0 fully saturated rings. The van der Waals surface area contributed by atoms with Crippen LogP contribution in [0.2, 0.25) is 0 Å². The minimum absolute atomic E-state index is 0.418. The molecular formula is C13H19N3O. The number of aryl methyl sites for hydroxylation is 2. The maximum Gasteiger partial charge on any atom is 0.103 e. The van der Waals surface area contributed by atoms with Crippen LogP contribution in [0.25, 0.3) is 0 Å². The molecule has 0 spiro atoms. The third-order valence-corrected chi connectivity index (χ3v) is 2.86. The van der Waals surface area contributed by atoms with Crippen LogP contribution in [0.5, 0.6) is 0 Å². The summed E-state index contributed by atoms with van der Waals surface area (Å²) in [6.45, 7) is 7.82. The summed E-state index contributed by atoms with van der Waals surface area (Å²) in [7, 11) is 0. The van der Waals surface area contributed by atoms with Crippen LogP contribution >= 0.6 is 0 Å². The fourth-order valence-corrected chi connectivity index (χ4v) is 1.52. The lowest BCUT2D eigenvalue weighted by Crippen LogP contribution is -2.32. The number of anilines is 1. The van der Waals surface area contributed by atoms with Crippen molar-refractivity contribution in [3.63, 3.8) is 0 Å². The molecule has 17 heavy (non-hydrogen) atoms. The molecule has 4 heteroatoms. The molecular weight excluding hydrogens is 214 g/mol. The van der Waals surface area contributed by atoms with E-state index >= 15 is 0 Å². The van der Waals surface area contributed by atoms with Crippen molar-refractivity contribution in [3.8, 4) is 6.07 Å². The molecule has 2 N–H and O–H groups in total. The SMILES string of the molecule is CCC(C)(O)CNc1cc(C)nc(C)c1C#N. The van der Waals surface area contributed by atoms with Gasteiger partial charge >= 0.3 is 0 Å². The van der Waals surface area contributed by atoms with Gasteiger partial charge in [-0.3, -0.25) is 4.98 Å². The van der Waals surface area contributed by atoms with Gasteiger partial charge in [-0.15, -0.1) is 0 Å². The highest BCUT2D eigenvalue weighted by atomic mass is 16.3. The molecule has 0 aliphatic carbocycles. The predicted octanol–water partition coefficient (Wildman–Crippen LogP) is 2.14. The third kappa shape index (κ3) is 3.43. The molecule has 1 unspecified atom stereocenters. The minimum Gasteiger partial charge on any atom is -0.388 e. The molecule has 0 aliphatic rings. The molecule has 1 aromatic rings. The van der Waals surface area contributed by atoms with Crippen LogP contribution in [-0.2, 0) is 0 Å². The minimum atomic E-state index is -0.766. The topological polar surface area (TPSA) is 68.9 Å². The molecule has 0 saturated heterocycles. The van der Waals surface area contributed by atoms with E-state index in [2.05, 4.69) is 16.4 Å². The Bertz CT molecular complexity index is 447. The number of nitrogens with zero attached hydrogens (tertiary/aromatic N) is 2. The molecule has 0 aliphatic heterocycles. The molecule has 1 heterocycles. The number of hydrogen-bond acceptors (Lipinski definition) is 4. The summed E-state index contributed by atoms with van der Waals surface area (Å²) >= 11 is 0. The average Bonchev–Trinajstić information content (AvgIpc) is 2.26. The third-order valence-electron chi connectivity index (χ3n) is 2.86. The number of nitrogens with one attached hydrogen (secondary N) is 1. The van der Waals surface area contributed by atoms with E-state index in [0.29, 0.717) is 24.2 Å². The van der Waals surface area contributed by atoms with E-state index < -0.39 is 5.60 Å². The van der Waals surface area contributed by atoms with Crippen LogP contribution in [0.15, 0.2) is 6.07 Å². The highest BCUT2D eigenvalue weighted by Crippen LogP contribution is 2.20. The van der Waals surface area contributed by atoms with Gasteiger partial charge in [0.2, 0.25) is 0 Å². The summed E-state index contributed by atoms with van der Waals surface area (Å²) in [6, 6.07) is 3.97. The van der Waals surface area contributed by atoms with E-state index in [0.717, 1.165) is 11.4 Å². The first-order valence-electron chi connectivity index (χ1n) is 5.74. The second-order valence-corrected chi connectivity index (χ2v) is 4.59. The Morgan fingerprint density at radius 1 is 1.53 bits per heavy atom. The molecule has 1 aromatic heterocycles. The molecule has 0 aromatic carbocycles. The Morgan fingerprint density at radius 2 is 2.18 bits per heavy atom. The smallest absolute Gasteiger partial charge is 0.103 e. The van der Waals surface area contributed by atoms with Gasteiger partial charge in [0.25, 0.3) is 0 Å². The quantitative estimate of drug-likeness (QED) is 0.836. The van der Waals surface area contributed by atoms with Crippen LogP contribution in [0, 0.1) is 25.2 Å². The molecule has 4 nitrogen and oxygen atoms in total. The zero-order valence-corrected chi connectivity index (χ0v) is 10.8.